The molecule has 3 nitrogen and oxygen atoms in total. The van der Waals surface area contributed by atoms with E-state index in [1.54, 1.807) is 6.20 Å². The summed E-state index contributed by atoms with van der Waals surface area (Å²) in [6.45, 7) is 12.6. The van der Waals surface area contributed by atoms with Gasteiger partial charge in [-0.2, -0.15) is 0 Å². The second-order valence-electron chi connectivity index (χ2n) is 5.66. The third kappa shape index (κ3) is 4.30. The fourth-order valence-corrected chi connectivity index (χ4v) is 2.02. The van der Waals surface area contributed by atoms with Crippen LogP contribution in [0.2, 0.25) is 0 Å². The molecule has 0 saturated heterocycles. The molecule has 18 heavy (non-hydrogen) atoms. The van der Waals surface area contributed by atoms with E-state index in [4.69, 9.17) is 4.74 Å². The van der Waals surface area contributed by atoms with Crippen molar-refractivity contribution < 1.29 is 4.74 Å². The number of pyridine rings is 1. The highest BCUT2D eigenvalue weighted by atomic mass is 16.5. The van der Waals surface area contributed by atoms with Crippen molar-refractivity contribution in [1.82, 2.24) is 10.3 Å². The van der Waals surface area contributed by atoms with Gasteiger partial charge in [-0.05, 0) is 30.0 Å². The molecule has 1 rings (SSSR count). The van der Waals surface area contributed by atoms with Crippen LogP contribution in [0.5, 0.6) is 5.75 Å². The van der Waals surface area contributed by atoms with E-state index >= 15 is 0 Å². The molecule has 0 bridgehead atoms. The molecule has 1 unspecified atom stereocenters. The maximum Gasteiger partial charge on any atom is 0.137 e. The Morgan fingerprint density at radius 2 is 2.00 bits per heavy atom. The lowest BCUT2D eigenvalue weighted by molar-refractivity contribution is 0.273. The van der Waals surface area contributed by atoms with Crippen LogP contribution in [0.15, 0.2) is 18.5 Å². The van der Waals surface area contributed by atoms with Gasteiger partial charge >= 0.3 is 0 Å². The molecule has 0 aromatic carbocycles. The topological polar surface area (TPSA) is 34.1 Å². The van der Waals surface area contributed by atoms with Gasteiger partial charge in [0.25, 0.3) is 0 Å². The minimum absolute atomic E-state index is 0.154. The van der Waals surface area contributed by atoms with Gasteiger partial charge < -0.3 is 10.1 Å². The van der Waals surface area contributed by atoms with Crippen molar-refractivity contribution in [1.29, 1.82) is 0 Å². The van der Waals surface area contributed by atoms with Gasteiger partial charge in [0.05, 0.1) is 12.8 Å². The van der Waals surface area contributed by atoms with Crippen LogP contribution < -0.4 is 10.1 Å². The quantitative estimate of drug-likeness (QED) is 0.838. The summed E-state index contributed by atoms with van der Waals surface area (Å²) in [5.41, 5.74) is 1.35. The van der Waals surface area contributed by atoms with E-state index in [0.29, 0.717) is 6.04 Å². The van der Waals surface area contributed by atoms with E-state index in [9.17, 15) is 0 Å². The second-order valence-corrected chi connectivity index (χ2v) is 5.66. The second kappa shape index (κ2) is 6.74. The van der Waals surface area contributed by atoms with E-state index in [-0.39, 0.29) is 5.41 Å². The minimum Gasteiger partial charge on any atom is -0.492 e. The van der Waals surface area contributed by atoms with Crippen molar-refractivity contribution in [3.63, 3.8) is 0 Å². The van der Waals surface area contributed by atoms with E-state index < -0.39 is 0 Å². The Morgan fingerprint density at radius 1 is 1.28 bits per heavy atom. The highest BCUT2D eigenvalue weighted by Crippen LogP contribution is 2.33. The summed E-state index contributed by atoms with van der Waals surface area (Å²) in [7, 11) is 0. The molecule has 1 aromatic heterocycles. The van der Waals surface area contributed by atoms with E-state index in [0.717, 1.165) is 25.3 Å². The molecule has 1 atom stereocenters. The largest absolute Gasteiger partial charge is 0.492 e. The molecule has 1 aromatic rings. The number of nitrogens with one attached hydrogen (secondary N) is 1. The molecule has 102 valence electrons. The summed E-state index contributed by atoms with van der Waals surface area (Å²) in [4.78, 5) is 4.29. The van der Waals surface area contributed by atoms with E-state index in [1.807, 2.05) is 6.20 Å². The Balaban J connectivity index is 2.91. The molecule has 0 amide bonds. The summed E-state index contributed by atoms with van der Waals surface area (Å²) in [5, 5.41) is 3.53. The highest BCUT2D eigenvalue weighted by molar-refractivity contribution is 5.27. The van der Waals surface area contributed by atoms with Crippen LogP contribution in [0.3, 0.4) is 0 Å². The first-order valence-electron chi connectivity index (χ1n) is 6.80. The van der Waals surface area contributed by atoms with E-state index in [1.165, 1.54) is 5.56 Å². The lowest BCUT2D eigenvalue weighted by atomic mass is 9.83. The van der Waals surface area contributed by atoms with Crippen molar-refractivity contribution in [3.8, 4) is 5.75 Å². The zero-order valence-corrected chi connectivity index (χ0v) is 12.3. The molecule has 1 N–H and O–H groups in total. The van der Waals surface area contributed by atoms with Gasteiger partial charge in [-0.3, -0.25) is 4.98 Å². The van der Waals surface area contributed by atoms with Crippen molar-refractivity contribution in [3.05, 3.63) is 24.0 Å². The Labute approximate surface area is 111 Å². The first kappa shape index (κ1) is 15.0. The molecule has 0 aliphatic heterocycles. The normalized spacial score (nSPS) is 13.4. The van der Waals surface area contributed by atoms with Gasteiger partial charge in [-0.25, -0.2) is 0 Å². The average Bonchev–Trinajstić information content (AvgIpc) is 2.32. The van der Waals surface area contributed by atoms with E-state index in [2.05, 4.69) is 51.0 Å². The summed E-state index contributed by atoms with van der Waals surface area (Å²) >= 11 is 0. The summed E-state index contributed by atoms with van der Waals surface area (Å²) < 4.78 is 5.65. The van der Waals surface area contributed by atoms with Crippen LogP contribution in [-0.4, -0.2) is 18.1 Å². The number of ether oxygens (including phenoxy) is 1. The Hall–Kier alpha value is -1.09. The first-order valence-corrected chi connectivity index (χ1v) is 6.80. The van der Waals surface area contributed by atoms with Crippen LogP contribution in [0.25, 0.3) is 0 Å². The summed E-state index contributed by atoms with van der Waals surface area (Å²) in [6.07, 6.45) is 4.72. The molecular weight excluding hydrogens is 224 g/mol. The van der Waals surface area contributed by atoms with Gasteiger partial charge in [0.15, 0.2) is 0 Å². The van der Waals surface area contributed by atoms with Crippen molar-refractivity contribution in [2.24, 2.45) is 5.41 Å². The fourth-order valence-electron chi connectivity index (χ4n) is 2.02. The molecular formula is C15H26N2O. The van der Waals surface area contributed by atoms with Gasteiger partial charge in [-0.1, -0.05) is 34.6 Å². The molecule has 0 aliphatic carbocycles. The Bertz CT molecular complexity index is 358. The molecule has 0 aliphatic rings. The average molecular weight is 250 g/mol. The lowest BCUT2D eigenvalue weighted by Crippen LogP contribution is -2.32. The van der Waals surface area contributed by atoms with Crippen LogP contribution in [0, 0.1) is 5.41 Å². The number of hydrogen-bond donors (Lipinski definition) is 1. The molecule has 0 radical (unpaired) electrons. The van der Waals surface area contributed by atoms with Crippen LogP contribution in [0.1, 0.15) is 52.6 Å². The standard InChI is InChI=1S/C15H26N2O/c1-6-8-18-13-9-12(10-16-11-13)14(17-7-2)15(3,4)5/h9-11,14,17H,6-8H2,1-5H3. The predicted molar refractivity (Wildman–Crippen MR) is 75.9 cm³/mol. The SMILES string of the molecule is CCCOc1cncc(C(NCC)C(C)(C)C)c1. The van der Waals surface area contributed by atoms with Crippen LogP contribution in [-0.2, 0) is 0 Å². The molecule has 3 heteroatoms. The number of nitrogens with zero attached hydrogens (tertiary/aromatic N) is 1. The van der Waals surface area contributed by atoms with Crippen molar-refractivity contribution in [2.45, 2.75) is 47.1 Å². The van der Waals surface area contributed by atoms with Crippen LogP contribution in [0.4, 0.5) is 0 Å². The third-order valence-corrected chi connectivity index (χ3v) is 2.81. The zero-order valence-electron chi connectivity index (χ0n) is 12.3. The summed E-state index contributed by atoms with van der Waals surface area (Å²) in [6, 6.07) is 2.39. The zero-order chi connectivity index (χ0) is 13.6. The Morgan fingerprint density at radius 3 is 2.56 bits per heavy atom. The fraction of sp³-hybridized carbons (Fsp3) is 0.667. The number of hydrogen-bond acceptors (Lipinski definition) is 3. The lowest BCUT2D eigenvalue weighted by Gasteiger charge is -2.31. The van der Waals surface area contributed by atoms with Crippen molar-refractivity contribution >= 4 is 0 Å². The maximum atomic E-state index is 5.65. The Kier molecular flexibility index (Phi) is 5.60. The van der Waals surface area contributed by atoms with Gasteiger partial charge in [0.2, 0.25) is 0 Å². The molecule has 0 saturated carbocycles. The first-order chi connectivity index (χ1) is 8.49. The van der Waals surface area contributed by atoms with Gasteiger partial charge in [0, 0.05) is 12.2 Å². The molecule has 0 fully saturated rings. The minimum atomic E-state index is 0.154. The molecule has 1 heterocycles. The monoisotopic (exact) mass is 250 g/mol. The highest BCUT2D eigenvalue weighted by Gasteiger charge is 2.25. The third-order valence-electron chi connectivity index (χ3n) is 2.81. The number of aromatic nitrogens is 1. The van der Waals surface area contributed by atoms with Crippen LogP contribution >= 0.6 is 0 Å². The smallest absolute Gasteiger partial charge is 0.137 e. The number of rotatable bonds is 6. The van der Waals surface area contributed by atoms with Crippen molar-refractivity contribution in [2.75, 3.05) is 13.2 Å². The molecule has 0 spiro atoms. The van der Waals surface area contributed by atoms with Gasteiger partial charge in [0.1, 0.15) is 5.75 Å². The maximum absolute atomic E-state index is 5.65. The summed E-state index contributed by atoms with van der Waals surface area (Å²) in [5.74, 6) is 0.863. The van der Waals surface area contributed by atoms with Gasteiger partial charge in [-0.15, -0.1) is 0 Å². The predicted octanol–water partition coefficient (Wildman–Crippen LogP) is 3.57.